The lowest BCUT2D eigenvalue weighted by Crippen LogP contribution is -2.17. The summed E-state index contributed by atoms with van der Waals surface area (Å²) in [5.74, 6) is -0.655. The Morgan fingerprint density at radius 3 is 2.94 bits per heavy atom. The average molecular weight is 233 g/mol. The number of benzene rings is 1. The third kappa shape index (κ3) is 1.91. The van der Waals surface area contributed by atoms with Crippen molar-refractivity contribution in [2.24, 2.45) is 5.73 Å². The quantitative estimate of drug-likeness (QED) is 0.876. The molecule has 0 fully saturated rings. The van der Waals surface area contributed by atoms with Crippen LogP contribution in [-0.2, 0) is 6.42 Å². The molecule has 0 radical (unpaired) electrons. The highest BCUT2D eigenvalue weighted by molar-refractivity contribution is 5.96. The molecule has 1 aromatic carbocycles. The van der Waals surface area contributed by atoms with Crippen molar-refractivity contribution in [1.29, 1.82) is 0 Å². The Bertz CT molecular complexity index is 563. The van der Waals surface area contributed by atoms with Crippen LogP contribution in [0.4, 0.5) is 4.39 Å². The van der Waals surface area contributed by atoms with Crippen molar-refractivity contribution in [2.75, 3.05) is 0 Å². The largest absolute Gasteiger partial charge is 0.365 e. The van der Waals surface area contributed by atoms with E-state index in [1.807, 2.05) is 6.92 Å². The first-order valence-corrected chi connectivity index (χ1v) is 5.26. The minimum absolute atomic E-state index is 0.111. The van der Waals surface area contributed by atoms with Gasteiger partial charge in [0.2, 0.25) is 0 Å². The summed E-state index contributed by atoms with van der Waals surface area (Å²) in [7, 11) is 0. The molecule has 88 valence electrons. The lowest BCUT2D eigenvalue weighted by Gasteiger charge is -2.10. The number of aryl methyl sites for hydroxylation is 1. The molecule has 0 aliphatic heterocycles. The molecule has 0 aliphatic rings. The van der Waals surface area contributed by atoms with Gasteiger partial charge in [0.15, 0.2) is 0 Å². The van der Waals surface area contributed by atoms with Crippen molar-refractivity contribution < 1.29 is 9.18 Å². The van der Waals surface area contributed by atoms with Crippen molar-refractivity contribution in [3.8, 4) is 5.69 Å². The molecule has 17 heavy (non-hydrogen) atoms. The van der Waals surface area contributed by atoms with Crippen LogP contribution in [0, 0.1) is 5.82 Å². The highest BCUT2D eigenvalue weighted by Gasteiger charge is 2.16. The van der Waals surface area contributed by atoms with E-state index < -0.39 is 11.7 Å². The minimum Gasteiger partial charge on any atom is -0.365 e. The van der Waals surface area contributed by atoms with Crippen LogP contribution in [0.3, 0.4) is 0 Å². The van der Waals surface area contributed by atoms with Crippen molar-refractivity contribution in [2.45, 2.75) is 13.3 Å². The molecule has 0 saturated heterocycles. The zero-order valence-electron chi connectivity index (χ0n) is 9.35. The van der Waals surface area contributed by atoms with Gasteiger partial charge in [0, 0.05) is 18.8 Å². The summed E-state index contributed by atoms with van der Waals surface area (Å²) in [5, 5.41) is 0. The fraction of sp³-hybridized carbons (Fsp3) is 0.167. The second kappa shape index (κ2) is 4.37. The van der Waals surface area contributed by atoms with Crippen LogP contribution in [0.15, 0.2) is 30.6 Å². The molecular weight excluding hydrogens is 221 g/mol. The third-order valence-corrected chi connectivity index (χ3v) is 2.53. The maximum atomic E-state index is 13.6. The molecule has 0 saturated carbocycles. The van der Waals surface area contributed by atoms with Gasteiger partial charge in [-0.2, -0.15) is 0 Å². The van der Waals surface area contributed by atoms with Gasteiger partial charge in [0.05, 0.1) is 11.3 Å². The number of rotatable bonds is 3. The number of nitrogens with two attached hydrogens (primary N) is 1. The number of carbonyl (C=O) groups excluding carboxylic acids is 1. The summed E-state index contributed by atoms with van der Waals surface area (Å²) in [6.45, 7) is 1.93. The first-order valence-electron chi connectivity index (χ1n) is 5.26. The SMILES string of the molecule is CCc1nccn1-c1cccc(F)c1C(N)=O. The summed E-state index contributed by atoms with van der Waals surface area (Å²) < 4.78 is 15.3. The third-order valence-electron chi connectivity index (χ3n) is 2.53. The predicted octanol–water partition coefficient (Wildman–Crippen LogP) is 1.67. The molecule has 2 rings (SSSR count). The number of aromatic nitrogens is 2. The fourth-order valence-corrected chi connectivity index (χ4v) is 1.77. The van der Waals surface area contributed by atoms with E-state index in [9.17, 15) is 9.18 Å². The standard InChI is InChI=1S/C12H12FN3O/c1-2-10-15-6-7-16(10)9-5-3-4-8(13)11(9)12(14)17/h3-7H,2H2,1H3,(H2,14,17). The fourth-order valence-electron chi connectivity index (χ4n) is 1.77. The molecule has 0 unspecified atom stereocenters. The molecule has 2 N–H and O–H groups in total. The molecule has 2 aromatic rings. The zero-order chi connectivity index (χ0) is 12.4. The van der Waals surface area contributed by atoms with E-state index in [0.717, 1.165) is 5.82 Å². The zero-order valence-corrected chi connectivity index (χ0v) is 9.35. The van der Waals surface area contributed by atoms with Crippen LogP contribution < -0.4 is 5.73 Å². The van der Waals surface area contributed by atoms with Crippen LogP contribution in [-0.4, -0.2) is 15.5 Å². The molecule has 0 bridgehead atoms. The van der Waals surface area contributed by atoms with Crippen molar-refractivity contribution in [1.82, 2.24) is 9.55 Å². The van der Waals surface area contributed by atoms with Crippen molar-refractivity contribution in [3.63, 3.8) is 0 Å². The van der Waals surface area contributed by atoms with Crippen LogP contribution >= 0.6 is 0 Å². The summed E-state index contributed by atoms with van der Waals surface area (Å²) in [5.41, 5.74) is 5.51. The molecule has 5 heteroatoms. The van der Waals surface area contributed by atoms with Crippen molar-refractivity contribution in [3.05, 3.63) is 47.8 Å². The smallest absolute Gasteiger partial charge is 0.253 e. The van der Waals surface area contributed by atoms with Gasteiger partial charge in [-0.15, -0.1) is 0 Å². The topological polar surface area (TPSA) is 60.9 Å². The van der Waals surface area contributed by atoms with Crippen LogP contribution in [0.1, 0.15) is 23.1 Å². The van der Waals surface area contributed by atoms with Crippen LogP contribution in [0.2, 0.25) is 0 Å². The number of imidazole rings is 1. The van der Waals surface area contributed by atoms with Crippen molar-refractivity contribution >= 4 is 5.91 Å². The average Bonchev–Trinajstić information content (AvgIpc) is 2.75. The molecule has 0 atom stereocenters. The molecule has 0 spiro atoms. The molecule has 0 aliphatic carbocycles. The van der Waals surface area contributed by atoms with E-state index in [1.165, 1.54) is 12.1 Å². The van der Waals surface area contributed by atoms with E-state index in [4.69, 9.17) is 5.73 Å². The number of amides is 1. The van der Waals surface area contributed by atoms with Gasteiger partial charge in [-0.25, -0.2) is 9.37 Å². The number of nitrogens with zero attached hydrogens (tertiary/aromatic N) is 2. The maximum absolute atomic E-state index is 13.6. The van der Waals surface area contributed by atoms with E-state index >= 15 is 0 Å². The normalized spacial score (nSPS) is 10.5. The highest BCUT2D eigenvalue weighted by atomic mass is 19.1. The lowest BCUT2D eigenvalue weighted by molar-refractivity contribution is 0.0996. The number of hydrogen-bond donors (Lipinski definition) is 1. The van der Waals surface area contributed by atoms with Crippen LogP contribution in [0.25, 0.3) is 5.69 Å². The molecular formula is C12H12FN3O. The number of primary amides is 1. The Kier molecular flexibility index (Phi) is 2.91. The number of halogens is 1. The van der Waals surface area contributed by atoms with E-state index in [0.29, 0.717) is 12.1 Å². The van der Waals surface area contributed by atoms with Gasteiger partial charge < -0.3 is 10.3 Å². The Morgan fingerprint density at radius 1 is 1.53 bits per heavy atom. The van der Waals surface area contributed by atoms with Gasteiger partial charge >= 0.3 is 0 Å². The predicted molar refractivity (Wildman–Crippen MR) is 61.4 cm³/mol. The van der Waals surface area contributed by atoms with E-state index in [2.05, 4.69) is 4.98 Å². The van der Waals surface area contributed by atoms with Gasteiger partial charge in [-0.1, -0.05) is 13.0 Å². The Morgan fingerprint density at radius 2 is 2.29 bits per heavy atom. The number of carbonyl (C=O) groups is 1. The number of hydrogen-bond acceptors (Lipinski definition) is 2. The Labute approximate surface area is 97.9 Å². The second-order valence-corrected chi connectivity index (χ2v) is 3.57. The molecule has 1 amide bonds. The Hall–Kier alpha value is -2.17. The monoisotopic (exact) mass is 233 g/mol. The molecule has 4 nitrogen and oxygen atoms in total. The summed E-state index contributed by atoms with van der Waals surface area (Å²) in [4.78, 5) is 15.4. The lowest BCUT2D eigenvalue weighted by atomic mass is 10.1. The summed E-state index contributed by atoms with van der Waals surface area (Å²) in [6.07, 6.45) is 3.97. The van der Waals surface area contributed by atoms with Gasteiger partial charge in [-0.05, 0) is 12.1 Å². The molecule has 1 aromatic heterocycles. The van der Waals surface area contributed by atoms with Gasteiger partial charge in [0.1, 0.15) is 11.6 Å². The van der Waals surface area contributed by atoms with E-state index in [1.54, 1.807) is 23.0 Å². The van der Waals surface area contributed by atoms with E-state index in [-0.39, 0.29) is 5.56 Å². The maximum Gasteiger partial charge on any atom is 0.253 e. The summed E-state index contributed by atoms with van der Waals surface area (Å²) in [6, 6.07) is 4.40. The first-order chi connectivity index (χ1) is 8.15. The van der Waals surface area contributed by atoms with Gasteiger partial charge in [0.25, 0.3) is 5.91 Å². The highest BCUT2D eigenvalue weighted by Crippen LogP contribution is 2.19. The first kappa shape index (κ1) is 11.3. The minimum atomic E-state index is -0.783. The van der Waals surface area contributed by atoms with Crippen LogP contribution in [0.5, 0.6) is 0 Å². The Balaban J connectivity index is 2.67. The second-order valence-electron chi connectivity index (χ2n) is 3.57. The molecule has 1 heterocycles. The summed E-state index contributed by atoms with van der Waals surface area (Å²) >= 11 is 0. The van der Waals surface area contributed by atoms with Gasteiger partial charge in [-0.3, -0.25) is 4.79 Å².